The molecule has 0 saturated carbocycles. The lowest BCUT2D eigenvalue weighted by Crippen LogP contribution is -2.53. The first-order valence-corrected chi connectivity index (χ1v) is 17.8. The Morgan fingerprint density at radius 2 is 1.50 bits per heavy atom. The molecule has 0 bridgehead atoms. The van der Waals surface area contributed by atoms with Gasteiger partial charge in [-0.2, -0.15) is 0 Å². The van der Waals surface area contributed by atoms with Gasteiger partial charge in [0.15, 0.2) is 0 Å². The van der Waals surface area contributed by atoms with Crippen LogP contribution in [0, 0.1) is 19.8 Å². The number of benzene rings is 4. The lowest BCUT2D eigenvalue weighted by atomic mass is 10.0. The second-order valence-corrected chi connectivity index (χ2v) is 14.8. The Morgan fingerprint density at radius 3 is 2.12 bits per heavy atom. The minimum Gasteiger partial charge on any atom is -0.495 e. The second-order valence-electron chi connectivity index (χ2n) is 12.1. The Hall–Kier alpha value is -4.05. The lowest BCUT2D eigenvalue weighted by molar-refractivity contribution is -0.140. The quantitative estimate of drug-likeness (QED) is 0.149. The Morgan fingerprint density at radius 1 is 0.833 bits per heavy atom. The van der Waals surface area contributed by atoms with Crippen molar-refractivity contribution < 1.29 is 22.7 Å². The number of halogens is 2. The molecule has 0 spiro atoms. The van der Waals surface area contributed by atoms with E-state index in [-0.39, 0.29) is 41.1 Å². The number of nitrogens with zero attached hydrogens (tertiary/aromatic N) is 2. The number of hydrogen-bond acceptors (Lipinski definition) is 5. The molecule has 0 aliphatic heterocycles. The summed E-state index contributed by atoms with van der Waals surface area (Å²) in [4.78, 5) is 30.1. The summed E-state index contributed by atoms with van der Waals surface area (Å²) in [7, 11) is -2.85. The molecule has 0 aliphatic rings. The number of nitrogens with one attached hydrogen (secondary N) is 1. The van der Waals surface area contributed by atoms with Crippen LogP contribution in [-0.2, 0) is 32.6 Å². The van der Waals surface area contributed by atoms with Gasteiger partial charge in [0.25, 0.3) is 10.0 Å². The summed E-state index contributed by atoms with van der Waals surface area (Å²) in [5.41, 5.74) is 3.30. The molecule has 254 valence electrons. The van der Waals surface area contributed by atoms with Crippen molar-refractivity contribution in [2.24, 2.45) is 5.92 Å². The highest BCUT2D eigenvalue weighted by Gasteiger charge is 2.35. The molecular formula is C37H41Cl2N3O5S. The van der Waals surface area contributed by atoms with E-state index in [2.05, 4.69) is 5.32 Å². The van der Waals surface area contributed by atoms with E-state index in [0.29, 0.717) is 22.2 Å². The number of ether oxygens (including phenoxy) is 1. The first-order valence-electron chi connectivity index (χ1n) is 15.6. The van der Waals surface area contributed by atoms with Crippen LogP contribution in [0.5, 0.6) is 5.75 Å². The Balaban J connectivity index is 1.86. The van der Waals surface area contributed by atoms with Gasteiger partial charge in [0.05, 0.1) is 27.7 Å². The monoisotopic (exact) mass is 709 g/mol. The molecule has 1 N–H and O–H groups in total. The van der Waals surface area contributed by atoms with E-state index in [1.165, 1.54) is 24.1 Å². The molecule has 11 heteroatoms. The fraction of sp³-hybridized carbons (Fsp3) is 0.297. The third kappa shape index (κ3) is 9.30. The molecule has 1 unspecified atom stereocenters. The van der Waals surface area contributed by atoms with Crippen LogP contribution >= 0.6 is 23.2 Å². The molecule has 1 atom stereocenters. The smallest absolute Gasteiger partial charge is 0.264 e. The number of sulfonamides is 1. The van der Waals surface area contributed by atoms with Gasteiger partial charge in [-0.15, -0.1) is 0 Å². The maximum atomic E-state index is 14.7. The van der Waals surface area contributed by atoms with Gasteiger partial charge in [-0.05, 0) is 72.9 Å². The highest BCUT2D eigenvalue weighted by Crippen LogP contribution is 2.34. The lowest BCUT2D eigenvalue weighted by Gasteiger charge is -2.34. The summed E-state index contributed by atoms with van der Waals surface area (Å²) in [6.45, 7) is 7.40. The van der Waals surface area contributed by atoms with Gasteiger partial charge in [-0.25, -0.2) is 8.42 Å². The Bertz CT molecular complexity index is 1830. The van der Waals surface area contributed by atoms with E-state index in [0.717, 1.165) is 21.0 Å². The minimum atomic E-state index is -4.29. The van der Waals surface area contributed by atoms with Crippen LogP contribution in [0.15, 0.2) is 95.9 Å². The zero-order chi connectivity index (χ0) is 35.0. The molecule has 0 aliphatic carbocycles. The predicted octanol–water partition coefficient (Wildman–Crippen LogP) is 7.23. The molecule has 8 nitrogen and oxygen atoms in total. The largest absolute Gasteiger partial charge is 0.495 e. The molecule has 4 rings (SSSR count). The summed E-state index contributed by atoms with van der Waals surface area (Å²) in [5.74, 6) is -0.520. The van der Waals surface area contributed by atoms with Gasteiger partial charge in [0.2, 0.25) is 11.8 Å². The van der Waals surface area contributed by atoms with Gasteiger partial charge in [-0.3, -0.25) is 13.9 Å². The van der Waals surface area contributed by atoms with Gasteiger partial charge < -0.3 is 15.0 Å². The van der Waals surface area contributed by atoms with Crippen LogP contribution in [0.3, 0.4) is 0 Å². The average molecular weight is 711 g/mol. The number of anilines is 1. The van der Waals surface area contributed by atoms with Crippen LogP contribution in [0.4, 0.5) is 5.69 Å². The maximum absolute atomic E-state index is 14.7. The molecule has 0 heterocycles. The van der Waals surface area contributed by atoms with Crippen LogP contribution in [0.1, 0.15) is 36.1 Å². The van der Waals surface area contributed by atoms with E-state index >= 15 is 0 Å². The zero-order valence-electron chi connectivity index (χ0n) is 27.7. The number of aryl methyl sites for hydroxylation is 2. The van der Waals surface area contributed by atoms with Crippen molar-refractivity contribution in [3.8, 4) is 5.75 Å². The van der Waals surface area contributed by atoms with Gasteiger partial charge in [-0.1, -0.05) is 97.2 Å². The number of amides is 2. The number of methoxy groups -OCH3 is 1. The Labute approximate surface area is 293 Å². The predicted molar refractivity (Wildman–Crippen MR) is 192 cm³/mol. The summed E-state index contributed by atoms with van der Waals surface area (Å²) < 4.78 is 35.4. The average Bonchev–Trinajstić information content (AvgIpc) is 3.06. The first kappa shape index (κ1) is 36.8. The third-order valence-electron chi connectivity index (χ3n) is 7.78. The normalized spacial score (nSPS) is 12.0. The summed E-state index contributed by atoms with van der Waals surface area (Å²) >= 11 is 12.6. The van der Waals surface area contributed by atoms with E-state index in [4.69, 9.17) is 27.9 Å². The van der Waals surface area contributed by atoms with E-state index in [9.17, 15) is 18.0 Å². The molecule has 4 aromatic carbocycles. The van der Waals surface area contributed by atoms with Gasteiger partial charge in [0, 0.05) is 19.5 Å². The molecular weight excluding hydrogens is 669 g/mol. The minimum absolute atomic E-state index is 0.0102. The highest BCUT2D eigenvalue weighted by molar-refractivity contribution is 7.92. The number of hydrogen-bond donors (Lipinski definition) is 1. The molecule has 0 fully saturated rings. The molecule has 48 heavy (non-hydrogen) atoms. The van der Waals surface area contributed by atoms with Gasteiger partial charge in [0.1, 0.15) is 18.3 Å². The van der Waals surface area contributed by atoms with Crippen molar-refractivity contribution in [2.45, 2.75) is 51.6 Å². The molecule has 4 aromatic rings. The maximum Gasteiger partial charge on any atom is 0.264 e. The molecule has 0 radical (unpaired) electrons. The fourth-order valence-corrected chi connectivity index (χ4v) is 6.89. The zero-order valence-corrected chi connectivity index (χ0v) is 30.1. The molecule has 2 amide bonds. The van der Waals surface area contributed by atoms with Crippen LogP contribution in [-0.4, -0.2) is 51.4 Å². The SMILES string of the molecule is COc1ccc(C)cc1N(CC(=O)N(Cc1ccc(Cl)c(Cl)c1)C(Cc1ccccc1)C(=O)NCC(C)C)S(=O)(=O)c1ccc(C)cc1. The van der Waals surface area contributed by atoms with Crippen molar-refractivity contribution in [1.82, 2.24) is 10.2 Å². The Kier molecular flexibility index (Phi) is 12.5. The summed E-state index contributed by atoms with van der Waals surface area (Å²) in [6, 6.07) is 24.9. The fourth-order valence-electron chi connectivity index (χ4n) is 5.16. The van der Waals surface area contributed by atoms with E-state index in [1.54, 1.807) is 48.5 Å². The third-order valence-corrected chi connectivity index (χ3v) is 10.3. The van der Waals surface area contributed by atoms with Crippen molar-refractivity contribution in [3.05, 3.63) is 123 Å². The summed E-state index contributed by atoms with van der Waals surface area (Å²) in [5, 5.41) is 3.62. The highest BCUT2D eigenvalue weighted by atomic mass is 35.5. The molecule has 0 aromatic heterocycles. The van der Waals surface area contributed by atoms with Crippen molar-refractivity contribution in [3.63, 3.8) is 0 Å². The topological polar surface area (TPSA) is 96.0 Å². The number of carbonyl (C=O) groups excluding carboxylic acids is 2. The van der Waals surface area contributed by atoms with Crippen LogP contribution < -0.4 is 14.4 Å². The van der Waals surface area contributed by atoms with Crippen molar-refractivity contribution in [1.29, 1.82) is 0 Å². The van der Waals surface area contributed by atoms with Crippen molar-refractivity contribution in [2.75, 3.05) is 24.5 Å². The van der Waals surface area contributed by atoms with Crippen LogP contribution in [0.25, 0.3) is 0 Å². The van der Waals surface area contributed by atoms with Crippen molar-refractivity contribution >= 4 is 50.7 Å². The number of rotatable bonds is 14. The molecule has 0 saturated heterocycles. The van der Waals surface area contributed by atoms with Gasteiger partial charge >= 0.3 is 0 Å². The summed E-state index contributed by atoms with van der Waals surface area (Å²) in [6.07, 6.45) is 0.191. The second kappa shape index (κ2) is 16.4. The number of carbonyl (C=O) groups is 2. The van der Waals surface area contributed by atoms with E-state index < -0.39 is 28.5 Å². The van der Waals surface area contributed by atoms with E-state index in [1.807, 2.05) is 58.0 Å². The first-order chi connectivity index (χ1) is 22.8. The van der Waals surface area contributed by atoms with Crippen LogP contribution in [0.2, 0.25) is 10.0 Å². The standard InChI is InChI=1S/C37H41Cl2N3O5S/c1-25(2)22-40-37(44)34(21-28-9-7-6-8-10-28)41(23-29-14-17-31(38)32(39)20-29)36(43)24-42(33-19-27(4)13-18-35(33)47-5)48(45,46)30-15-11-26(3)12-16-30/h6-20,25,34H,21-24H2,1-5H3,(H,40,44).